The monoisotopic (exact) mass is 404 g/mol. The number of benzene rings is 2. The van der Waals surface area contributed by atoms with Gasteiger partial charge >= 0.3 is 5.97 Å². The van der Waals surface area contributed by atoms with E-state index in [0.29, 0.717) is 10.6 Å². The number of nitrogens with one attached hydrogen (secondary N) is 1. The first kappa shape index (κ1) is 21.0. The van der Waals surface area contributed by atoms with Gasteiger partial charge in [0.05, 0.1) is 11.3 Å². The predicted molar refractivity (Wildman–Crippen MR) is 102 cm³/mol. The number of nitro groups is 1. The number of anilines is 1. The highest BCUT2D eigenvalue weighted by atomic mass is 35.5. The summed E-state index contributed by atoms with van der Waals surface area (Å²) in [7, 11) is 0. The number of esters is 1. The number of nitrogens with zero attached hydrogens (tertiary/aromatic N) is 1. The van der Waals surface area contributed by atoms with Gasteiger partial charge in [0.2, 0.25) is 0 Å². The van der Waals surface area contributed by atoms with Gasteiger partial charge in [0.1, 0.15) is 0 Å². The third kappa shape index (κ3) is 6.17. The fraction of sp³-hybridized carbons (Fsp3) is 0.211. The van der Waals surface area contributed by atoms with Crippen LogP contribution in [0, 0.1) is 10.1 Å². The molecule has 1 amide bonds. The lowest BCUT2D eigenvalue weighted by atomic mass is 10.1. The molecule has 1 atom stereocenters. The van der Waals surface area contributed by atoms with Crippen molar-refractivity contribution in [3.8, 4) is 0 Å². The molecule has 2 aromatic rings. The van der Waals surface area contributed by atoms with Crippen LogP contribution in [0.15, 0.2) is 48.5 Å². The fourth-order valence-electron chi connectivity index (χ4n) is 2.25. The van der Waals surface area contributed by atoms with Crippen LogP contribution in [-0.2, 0) is 14.3 Å². The van der Waals surface area contributed by atoms with E-state index in [9.17, 15) is 24.5 Å². The summed E-state index contributed by atoms with van der Waals surface area (Å²) in [6.07, 6.45) is -1.38. The van der Waals surface area contributed by atoms with Crippen LogP contribution in [0.5, 0.6) is 0 Å². The summed E-state index contributed by atoms with van der Waals surface area (Å²) in [5, 5.41) is 13.7. The maximum Gasteiger partial charge on any atom is 0.307 e. The molecule has 0 aromatic heterocycles. The van der Waals surface area contributed by atoms with Crippen molar-refractivity contribution in [3.05, 3.63) is 69.2 Å². The second kappa shape index (κ2) is 9.61. The van der Waals surface area contributed by atoms with Crippen LogP contribution in [0.25, 0.3) is 0 Å². The van der Waals surface area contributed by atoms with Gasteiger partial charge in [-0.2, -0.15) is 0 Å². The van der Waals surface area contributed by atoms with Gasteiger partial charge in [-0.25, -0.2) is 0 Å². The Balaban J connectivity index is 1.83. The number of Topliss-reactive ketones (excluding diaryl/α,β-unsaturated/α-hetero) is 1. The molecule has 0 radical (unpaired) electrons. The average molecular weight is 405 g/mol. The van der Waals surface area contributed by atoms with Gasteiger partial charge in [-0.1, -0.05) is 17.7 Å². The number of hydrogen-bond donors (Lipinski definition) is 1. The first-order valence-corrected chi connectivity index (χ1v) is 8.67. The molecule has 0 saturated carbocycles. The van der Waals surface area contributed by atoms with Crippen molar-refractivity contribution in [3.63, 3.8) is 0 Å². The number of ether oxygens (including phenoxy) is 1. The Morgan fingerprint density at radius 1 is 1.14 bits per heavy atom. The number of nitro benzene ring substituents is 1. The molecule has 9 heteroatoms. The summed E-state index contributed by atoms with van der Waals surface area (Å²) in [6, 6.07) is 11.7. The molecule has 0 bridgehead atoms. The molecule has 1 unspecified atom stereocenters. The van der Waals surface area contributed by atoms with Gasteiger partial charge in [-0.05, 0) is 37.3 Å². The normalized spacial score (nSPS) is 11.4. The first-order chi connectivity index (χ1) is 13.3. The van der Waals surface area contributed by atoms with Gasteiger partial charge in [0.25, 0.3) is 11.6 Å². The predicted octanol–water partition coefficient (Wildman–Crippen LogP) is 3.78. The smallest absolute Gasteiger partial charge is 0.307 e. The van der Waals surface area contributed by atoms with Crippen LogP contribution in [0.2, 0.25) is 5.02 Å². The van der Waals surface area contributed by atoms with Gasteiger partial charge < -0.3 is 10.1 Å². The summed E-state index contributed by atoms with van der Waals surface area (Å²) in [4.78, 5) is 46.2. The number of carbonyl (C=O) groups is 3. The van der Waals surface area contributed by atoms with E-state index in [2.05, 4.69) is 5.32 Å². The molecule has 0 aliphatic heterocycles. The van der Waals surface area contributed by atoms with E-state index in [1.807, 2.05) is 0 Å². The summed E-state index contributed by atoms with van der Waals surface area (Å²) in [6.45, 7) is 1.37. The lowest BCUT2D eigenvalue weighted by molar-refractivity contribution is -0.384. The summed E-state index contributed by atoms with van der Waals surface area (Å²) < 4.78 is 5.01. The number of rotatable bonds is 8. The number of halogens is 1. The Morgan fingerprint density at radius 2 is 1.82 bits per heavy atom. The van der Waals surface area contributed by atoms with Crippen LogP contribution in [0.3, 0.4) is 0 Å². The molecular formula is C19H17ClN2O6. The Hall–Kier alpha value is -3.26. The highest BCUT2D eigenvalue weighted by Crippen LogP contribution is 2.17. The SMILES string of the molecule is CC(OC(=O)CCC(=O)c1ccc(Cl)cc1)C(=O)Nc1cccc([N+](=O)[O-])c1. The van der Waals surface area contributed by atoms with Crippen molar-refractivity contribution in [1.29, 1.82) is 0 Å². The average Bonchev–Trinajstić information content (AvgIpc) is 2.66. The van der Waals surface area contributed by atoms with Crippen LogP contribution in [0.4, 0.5) is 11.4 Å². The van der Waals surface area contributed by atoms with Crippen molar-refractivity contribution in [2.75, 3.05) is 5.32 Å². The highest BCUT2D eigenvalue weighted by molar-refractivity contribution is 6.30. The minimum Gasteiger partial charge on any atom is -0.453 e. The topological polar surface area (TPSA) is 116 Å². The zero-order valence-corrected chi connectivity index (χ0v) is 15.6. The summed E-state index contributed by atoms with van der Waals surface area (Å²) in [5.41, 5.74) is 0.455. The quantitative estimate of drug-likeness (QED) is 0.310. The summed E-state index contributed by atoms with van der Waals surface area (Å²) in [5.74, 6) is -1.59. The van der Waals surface area contributed by atoms with E-state index in [-0.39, 0.29) is 30.0 Å². The molecule has 146 valence electrons. The highest BCUT2D eigenvalue weighted by Gasteiger charge is 2.19. The fourth-order valence-corrected chi connectivity index (χ4v) is 2.37. The van der Waals surface area contributed by atoms with Crippen molar-refractivity contribution in [1.82, 2.24) is 0 Å². The minimum atomic E-state index is -1.13. The lowest BCUT2D eigenvalue weighted by Crippen LogP contribution is -2.30. The van der Waals surface area contributed by atoms with E-state index < -0.39 is 22.9 Å². The molecule has 2 aromatic carbocycles. The van der Waals surface area contributed by atoms with E-state index in [1.54, 1.807) is 24.3 Å². The number of carbonyl (C=O) groups excluding carboxylic acids is 3. The maximum atomic E-state index is 12.1. The van der Waals surface area contributed by atoms with Gasteiger partial charge in [0.15, 0.2) is 11.9 Å². The number of non-ortho nitro benzene ring substituents is 1. The van der Waals surface area contributed by atoms with Crippen LogP contribution < -0.4 is 5.32 Å². The number of amides is 1. The number of hydrogen-bond acceptors (Lipinski definition) is 6. The Labute approximate surface area is 165 Å². The molecule has 0 fully saturated rings. The molecule has 0 saturated heterocycles. The van der Waals surface area contributed by atoms with E-state index in [4.69, 9.17) is 16.3 Å². The van der Waals surface area contributed by atoms with Gasteiger partial charge in [-0.15, -0.1) is 0 Å². The van der Waals surface area contributed by atoms with Crippen LogP contribution >= 0.6 is 11.6 Å². The van der Waals surface area contributed by atoms with Gasteiger partial charge in [-0.3, -0.25) is 24.5 Å². The Kier molecular flexibility index (Phi) is 7.22. The lowest BCUT2D eigenvalue weighted by Gasteiger charge is -2.13. The Morgan fingerprint density at radius 3 is 2.46 bits per heavy atom. The second-order valence-corrected chi connectivity index (χ2v) is 6.30. The molecule has 0 heterocycles. The van der Waals surface area contributed by atoms with E-state index >= 15 is 0 Å². The van der Waals surface area contributed by atoms with Crippen molar-refractivity contribution < 1.29 is 24.0 Å². The summed E-state index contributed by atoms with van der Waals surface area (Å²) >= 11 is 5.76. The number of ketones is 1. The van der Waals surface area contributed by atoms with Crippen molar-refractivity contribution in [2.24, 2.45) is 0 Å². The van der Waals surface area contributed by atoms with Crippen molar-refractivity contribution >= 4 is 40.6 Å². The van der Waals surface area contributed by atoms with Crippen LogP contribution in [-0.4, -0.2) is 28.7 Å². The maximum absolute atomic E-state index is 12.1. The molecule has 28 heavy (non-hydrogen) atoms. The second-order valence-electron chi connectivity index (χ2n) is 5.86. The zero-order chi connectivity index (χ0) is 20.7. The standard InChI is InChI=1S/C19H17ClN2O6/c1-12(19(25)21-15-3-2-4-16(11-15)22(26)27)28-18(24)10-9-17(23)13-5-7-14(20)8-6-13/h2-8,11-12H,9-10H2,1H3,(H,21,25). The van der Waals surface area contributed by atoms with Crippen LogP contribution in [0.1, 0.15) is 30.1 Å². The zero-order valence-electron chi connectivity index (χ0n) is 14.9. The van der Waals surface area contributed by atoms with E-state index in [0.717, 1.165) is 0 Å². The minimum absolute atomic E-state index is 0.0698. The third-order valence-electron chi connectivity index (χ3n) is 3.72. The Bertz CT molecular complexity index is 898. The third-order valence-corrected chi connectivity index (χ3v) is 3.98. The molecule has 0 aliphatic rings. The molecule has 0 aliphatic carbocycles. The van der Waals surface area contributed by atoms with Gasteiger partial charge in [0, 0.05) is 34.8 Å². The van der Waals surface area contributed by atoms with Crippen molar-refractivity contribution in [2.45, 2.75) is 25.9 Å². The molecule has 2 rings (SSSR count). The van der Waals surface area contributed by atoms with E-state index in [1.165, 1.54) is 31.2 Å². The largest absolute Gasteiger partial charge is 0.453 e. The molecule has 0 spiro atoms. The first-order valence-electron chi connectivity index (χ1n) is 8.30. The molecular weight excluding hydrogens is 388 g/mol. The molecule has 1 N–H and O–H groups in total. The molecule has 8 nitrogen and oxygen atoms in total.